The smallest absolute Gasteiger partial charge is 0.138 e. The van der Waals surface area contributed by atoms with E-state index in [1.54, 1.807) is 0 Å². The van der Waals surface area contributed by atoms with Crippen LogP contribution in [0.2, 0.25) is 0 Å². The van der Waals surface area contributed by atoms with E-state index in [4.69, 9.17) is 4.74 Å². The summed E-state index contributed by atoms with van der Waals surface area (Å²) in [7, 11) is 0. The molecular weight excluding hydrogens is 364 g/mol. The average Bonchev–Trinajstić information content (AvgIpc) is 2.80. The van der Waals surface area contributed by atoms with Gasteiger partial charge in [0, 0.05) is 68.0 Å². The predicted molar refractivity (Wildman–Crippen MR) is 116 cm³/mol. The molecule has 1 atom stereocenters. The molecular formula is C22H26N6O. The zero-order valence-corrected chi connectivity index (χ0v) is 16.5. The topological polar surface area (TPSA) is 66.4 Å². The lowest BCUT2D eigenvalue weighted by molar-refractivity contribution is 0.122. The molecule has 2 fully saturated rings. The van der Waals surface area contributed by atoms with E-state index in [0.717, 1.165) is 74.8 Å². The maximum atomic E-state index is 5.47. The Labute approximate surface area is 170 Å². The zero-order chi connectivity index (χ0) is 19.5. The summed E-state index contributed by atoms with van der Waals surface area (Å²) in [4.78, 5) is 18.4. The molecule has 2 saturated heterocycles. The first kappa shape index (κ1) is 18.1. The lowest BCUT2D eigenvalue weighted by Gasteiger charge is -2.35. The highest BCUT2D eigenvalue weighted by Gasteiger charge is 2.23. The van der Waals surface area contributed by atoms with Crippen molar-refractivity contribution in [3.8, 4) is 0 Å². The molecule has 2 aliphatic heterocycles. The largest absolute Gasteiger partial charge is 0.378 e. The second kappa shape index (κ2) is 8.21. The van der Waals surface area contributed by atoms with Gasteiger partial charge in [-0.3, -0.25) is 4.98 Å². The summed E-state index contributed by atoms with van der Waals surface area (Å²) in [6.45, 7) is 5.36. The average molecular weight is 390 g/mol. The van der Waals surface area contributed by atoms with Gasteiger partial charge in [-0.05, 0) is 37.1 Å². The van der Waals surface area contributed by atoms with Crippen molar-refractivity contribution in [2.45, 2.75) is 18.9 Å². The normalized spacial score (nSPS) is 20.1. The number of rotatable bonds is 4. The van der Waals surface area contributed by atoms with E-state index in [1.807, 2.05) is 30.7 Å². The highest BCUT2D eigenvalue weighted by atomic mass is 16.5. The van der Waals surface area contributed by atoms with Crippen LogP contribution >= 0.6 is 0 Å². The molecule has 7 heteroatoms. The Hall–Kier alpha value is -2.93. The van der Waals surface area contributed by atoms with Crippen LogP contribution < -0.4 is 15.1 Å². The summed E-state index contributed by atoms with van der Waals surface area (Å²) in [6.07, 6.45) is 7.84. The molecule has 3 aromatic rings. The Morgan fingerprint density at radius 1 is 0.931 bits per heavy atom. The molecule has 2 aliphatic rings. The number of aromatic nitrogens is 3. The molecule has 3 aromatic heterocycles. The molecule has 5 heterocycles. The molecule has 0 aliphatic carbocycles. The van der Waals surface area contributed by atoms with E-state index in [0.29, 0.717) is 6.04 Å². The van der Waals surface area contributed by atoms with Crippen molar-refractivity contribution in [1.82, 2.24) is 15.0 Å². The monoisotopic (exact) mass is 390 g/mol. The van der Waals surface area contributed by atoms with Crippen LogP contribution in [0.5, 0.6) is 0 Å². The van der Waals surface area contributed by atoms with Gasteiger partial charge in [-0.25, -0.2) is 9.97 Å². The fourth-order valence-corrected chi connectivity index (χ4v) is 4.25. The number of anilines is 3. The van der Waals surface area contributed by atoms with Crippen LogP contribution in [0.15, 0.2) is 48.9 Å². The van der Waals surface area contributed by atoms with Crippen molar-refractivity contribution in [1.29, 1.82) is 0 Å². The van der Waals surface area contributed by atoms with Gasteiger partial charge < -0.3 is 19.9 Å². The molecule has 7 nitrogen and oxygen atoms in total. The number of hydrogen-bond donors (Lipinski definition) is 1. The summed E-state index contributed by atoms with van der Waals surface area (Å²) in [6, 6.07) is 10.6. The maximum Gasteiger partial charge on any atom is 0.138 e. The minimum absolute atomic E-state index is 0.338. The first-order valence-corrected chi connectivity index (χ1v) is 10.4. The van der Waals surface area contributed by atoms with E-state index in [1.165, 1.54) is 5.69 Å². The first-order valence-electron chi connectivity index (χ1n) is 10.4. The molecule has 0 bridgehead atoms. The highest BCUT2D eigenvalue weighted by Crippen LogP contribution is 2.27. The van der Waals surface area contributed by atoms with Crippen molar-refractivity contribution in [2.24, 2.45) is 0 Å². The van der Waals surface area contributed by atoms with Crippen LogP contribution in [0.25, 0.3) is 10.9 Å². The van der Waals surface area contributed by atoms with Crippen molar-refractivity contribution >= 4 is 28.2 Å². The fourth-order valence-electron chi connectivity index (χ4n) is 4.25. The SMILES string of the molecule is c1cnc2ccnc(N3CCCC(Nc4cc(N5CCOCC5)ccn4)C3)c2c1. The van der Waals surface area contributed by atoms with Crippen molar-refractivity contribution in [2.75, 3.05) is 54.5 Å². The third kappa shape index (κ3) is 3.96. The Morgan fingerprint density at radius 3 is 2.76 bits per heavy atom. The Kier molecular flexibility index (Phi) is 5.13. The third-order valence-electron chi connectivity index (χ3n) is 5.70. The van der Waals surface area contributed by atoms with E-state index in [-0.39, 0.29) is 0 Å². The zero-order valence-electron chi connectivity index (χ0n) is 16.5. The lowest BCUT2D eigenvalue weighted by Crippen LogP contribution is -2.42. The van der Waals surface area contributed by atoms with Crippen LogP contribution in [-0.4, -0.2) is 60.4 Å². The quantitative estimate of drug-likeness (QED) is 0.735. The standard InChI is InChI=1S/C22H26N6O/c1-4-19-20(23-7-1)6-9-25-22(19)28-10-2-3-17(16-28)26-21-15-18(5-8-24-21)27-11-13-29-14-12-27/h1,4-9,15,17H,2-3,10-14,16H2,(H,24,26). The van der Waals surface area contributed by atoms with Gasteiger partial charge in [-0.1, -0.05) is 0 Å². The van der Waals surface area contributed by atoms with E-state index in [9.17, 15) is 0 Å². The molecule has 0 radical (unpaired) electrons. The van der Waals surface area contributed by atoms with Gasteiger partial charge >= 0.3 is 0 Å². The van der Waals surface area contributed by atoms with Crippen LogP contribution in [-0.2, 0) is 4.74 Å². The molecule has 1 N–H and O–H groups in total. The number of morpholine rings is 1. The van der Waals surface area contributed by atoms with Gasteiger partial charge in [0.1, 0.15) is 11.6 Å². The molecule has 0 aromatic carbocycles. The Bertz CT molecular complexity index is 969. The predicted octanol–water partition coefficient (Wildman–Crippen LogP) is 2.94. The number of hydrogen-bond acceptors (Lipinski definition) is 7. The van der Waals surface area contributed by atoms with Crippen LogP contribution in [0.3, 0.4) is 0 Å². The fraction of sp³-hybridized carbons (Fsp3) is 0.409. The van der Waals surface area contributed by atoms with Crippen LogP contribution in [0.1, 0.15) is 12.8 Å². The van der Waals surface area contributed by atoms with Gasteiger partial charge in [0.15, 0.2) is 0 Å². The van der Waals surface area contributed by atoms with E-state index in [2.05, 4.69) is 48.3 Å². The minimum atomic E-state index is 0.338. The Morgan fingerprint density at radius 2 is 1.83 bits per heavy atom. The molecule has 0 saturated carbocycles. The van der Waals surface area contributed by atoms with Gasteiger partial charge in [-0.15, -0.1) is 0 Å². The molecule has 0 amide bonds. The second-order valence-corrected chi connectivity index (χ2v) is 7.63. The summed E-state index contributed by atoms with van der Waals surface area (Å²) < 4.78 is 5.47. The van der Waals surface area contributed by atoms with Gasteiger partial charge in [0.05, 0.1) is 18.7 Å². The highest BCUT2D eigenvalue weighted by molar-refractivity contribution is 5.89. The van der Waals surface area contributed by atoms with E-state index >= 15 is 0 Å². The van der Waals surface area contributed by atoms with Gasteiger partial charge in [0.25, 0.3) is 0 Å². The summed E-state index contributed by atoms with van der Waals surface area (Å²) in [5, 5.41) is 4.77. The first-order chi connectivity index (χ1) is 14.4. The van der Waals surface area contributed by atoms with Gasteiger partial charge in [0.2, 0.25) is 0 Å². The van der Waals surface area contributed by atoms with Crippen molar-refractivity contribution in [3.05, 3.63) is 48.9 Å². The second-order valence-electron chi connectivity index (χ2n) is 7.63. The maximum absolute atomic E-state index is 5.47. The lowest BCUT2D eigenvalue weighted by atomic mass is 10.0. The molecule has 150 valence electrons. The number of nitrogens with zero attached hydrogens (tertiary/aromatic N) is 5. The minimum Gasteiger partial charge on any atom is -0.378 e. The third-order valence-corrected chi connectivity index (χ3v) is 5.70. The summed E-state index contributed by atoms with van der Waals surface area (Å²) in [5.74, 6) is 1.96. The number of piperidine rings is 1. The van der Waals surface area contributed by atoms with E-state index < -0.39 is 0 Å². The summed E-state index contributed by atoms with van der Waals surface area (Å²) in [5.41, 5.74) is 2.20. The number of fused-ring (bicyclic) bond motifs is 1. The molecule has 29 heavy (non-hydrogen) atoms. The summed E-state index contributed by atoms with van der Waals surface area (Å²) >= 11 is 0. The van der Waals surface area contributed by atoms with Crippen molar-refractivity contribution < 1.29 is 4.74 Å². The Balaban J connectivity index is 1.31. The van der Waals surface area contributed by atoms with Crippen molar-refractivity contribution in [3.63, 3.8) is 0 Å². The van der Waals surface area contributed by atoms with Gasteiger partial charge in [-0.2, -0.15) is 0 Å². The number of pyridine rings is 3. The molecule has 0 spiro atoms. The van der Waals surface area contributed by atoms with Crippen LogP contribution in [0.4, 0.5) is 17.3 Å². The number of nitrogens with one attached hydrogen (secondary N) is 1. The van der Waals surface area contributed by atoms with Crippen LogP contribution in [0, 0.1) is 0 Å². The molecule has 5 rings (SSSR count). The molecule has 1 unspecified atom stereocenters. The number of ether oxygens (including phenoxy) is 1.